The number of aromatic nitrogens is 2. The maximum absolute atomic E-state index is 5.42. The third-order valence-corrected chi connectivity index (χ3v) is 2.37. The largest absolute Gasteiger partial charge is 0.345 e. The zero-order valence-electron chi connectivity index (χ0n) is 8.66. The van der Waals surface area contributed by atoms with E-state index in [0.29, 0.717) is 0 Å². The van der Waals surface area contributed by atoms with E-state index < -0.39 is 0 Å². The smallest absolute Gasteiger partial charge is 0.0931 e. The molecule has 0 unspecified atom stereocenters. The van der Waals surface area contributed by atoms with E-state index >= 15 is 0 Å². The fraction of sp³-hybridized carbons (Fsp3) is 0.364. The van der Waals surface area contributed by atoms with E-state index in [2.05, 4.69) is 27.4 Å². The van der Waals surface area contributed by atoms with Gasteiger partial charge in [0.2, 0.25) is 0 Å². The molecule has 80 valence electrons. The van der Waals surface area contributed by atoms with Crippen LogP contribution in [0.4, 0.5) is 0 Å². The Morgan fingerprint density at radius 1 is 1.40 bits per heavy atom. The molecule has 2 rings (SSSR count). The Kier molecular flexibility index (Phi) is 3.32. The minimum absolute atomic E-state index is 0.743. The fourth-order valence-electron chi connectivity index (χ4n) is 1.55. The highest BCUT2D eigenvalue weighted by Crippen LogP contribution is 2.11. The molecule has 4 nitrogen and oxygen atoms in total. The van der Waals surface area contributed by atoms with Crippen LogP contribution in [0.25, 0.3) is 11.0 Å². The number of benzene rings is 1. The lowest BCUT2D eigenvalue weighted by molar-refractivity contribution is 0.656. The van der Waals surface area contributed by atoms with Crippen molar-refractivity contribution in [2.24, 2.45) is 5.73 Å². The summed E-state index contributed by atoms with van der Waals surface area (Å²) in [5.74, 6) is 0. The summed E-state index contributed by atoms with van der Waals surface area (Å²) in [5.41, 5.74) is 8.79. The molecule has 4 heteroatoms. The molecule has 2 aromatic rings. The van der Waals surface area contributed by atoms with Crippen LogP contribution in [0.1, 0.15) is 12.0 Å². The van der Waals surface area contributed by atoms with Crippen molar-refractivity contribution < 1.29 is 0 Å². The molecule has 0 fully saturated rings. The summed E-state index contributed by atoms with van der Waals surface area (Å²) < 4.78 is 0. The first-order chi connectivity index (χ1) is 7.40. The number of fused-ring (bicyclic) bond motifs is 1. The van der Waals surface area contributed by atoms with E-state index in [4.69, 9.17) is 5.73 Å². The number of hydrogen-bond acceptors (Lipinski definition) is 3. The minimum atomic E-state index is 0.743. The second-order valence-corrected chi connectivity index (χ2v) is 3.57. The van der Waals surface area contributed by atoms with E-state index in [1.807, 2.05) is 6.07 Å². The number of hydrogen-bond donors (Lipinski definition) is 3. The van der Waals surface area contributed by atoms with E-state index in [1.54, 1.807) is 6.33 Å². The van der Waals surface area contributed by atoms with Crippen LogP contribution in [0, 0.1) is 0 Å². The third kappa shape index (κ3) is 2.55. The number of nitrogens with one attached hydrogen (secondary N) is 2. The van der Waals surface area contributed by atoms with Crippen molar-refractivity contribution in [2.75, 3.05) is 13.1 Å². The van der Waals surface area contributed by atoms with Crippen molar-refractivity contribution >= 4 is 11.0 Å². The van der Waals surface area contributed by atoms with Crippen molar-refractivity contribution in [1.29, 1.82) is 0 Å². The van der Waals surface area contributed by atoms with Crippen LogP contribution < -0.4 is 11.1 Å². The Balaban J connectivity index is 1.96. The van der Waals surface area contributed by atoms with Crippen molar-refractivity contribution in [3.8, 4) is 0 Å². The normalized spacial score (nSPS) is 11.0. The van der Waals surface area contributed by atoms with E-state index in [-0.39, 0.29) is 0 Å². The second-order valence-electron chi connectivity index (χ2n) is 3.57. The quantitative estimate of drug-likeness (QED) is 0.636. The van der Waals surface area contributed by atoms with Crippen LogP contribution in [0.15, 0.2) is 24.5 Å². The number of imidazole rings is 1. The molecule has 4 N–H and O–H groups in total. The molecule has 0 atom stereocenters. The van der Waals surface area contributed by atoms with Crippen molar-refractivity contribution in [2.45, 2.75) is 13.0 Å². The van der Waals surface area contributed by atoms with Gasteiger partial charge in [0.15, 0.2) is 0 Å². The number of nitrogens with two attached hydrogens (primary N) is 1. The average Bonchev–Trinajstić information content (AvgIpc) is 2.71. The topological polar surface area (TPSA) is 66.7 Å². The van der Waals surface area contributed by atoms with Gasteiger partial charge in [0.1, 0.15) is 0 Å². The molecule has 0 aliphatic heterocycles. The number of H-pyrrole nitrogens is 1. The van der Waals surface area contributed by atoms with Gasteiger partial charge in [-0.2, -0.15) is 0 Å². The molecular weight excluding hydrogens is 188 g/mol. The van der Waals surface area contributed by atoms with Crippen LogP contribution >= 0.6 is 0 Å². The maximum atomic E-state index is 5.42. The van der Waals surface area contributed by atoms with Gasteiger partial charge in [-0.3, -0.25) is 0 Å². The molecule has 0 saturated heterocycles. The van der Waals surface area contributed by atoms with Crippen LogP contribution in [-0.4, -0.2) is 23.1 Å². The molecule has 0 saturated carbocycles. The molecule has 15 heavy (non-hydrogen) atoms. The first-order valence-electron chi connectivity index (χ1n) is 5.23. The minimum Gasteiger partial charge on any atom is -0.345 e. The molecule has 0 radical (unpaired) electrons. The molecule has 0 amide bonds. The van der Waals surface area contributed by atoms with Crippen LogP contribution in [0.2, 0.25) is 0 Å². The Morgan fingerprint density at radius 2 is 2.33 bits per heavy atom. The maximum Gasteiger partial charge on any atom is 0.0931 e. The van der Waals surface area contributed by atoms with Gasteiger partial charge in [-0.25, -0.2) is 4.98 Å². The lowest BCUT2D eigenvalue weighted by Crippen LogP contribution is -2.17. The fourth-order valence-corrected chi connectivity index (χ4v) is 1.55. The summed E-state index contributed by atoms with van der Waals surface area (Å²) >= 11 is 0. The number of nitrogens with zero attached hydrogens (tertiary/aromatic N) is 1. The van der Waals surface area contributed by atoms with Crippen molar-refractivity contribution in [1.82, 2.24) is 15.3 Å². The van der Waals surface area contributed by atoms with Gasteiger partial charge in [0.05, 0.1) is 17.4 Å². The Labute approximate surface area is 88.9 Å². The Morgan fingerprint density at radius 3 is 3.20 bits per heavy atom. The zero-order valence-corrected chi connectivity index (χ0v) is 8.66. The average molecular weight is 204 g/mol. The Bertz CT molecular complexity index is 421. The highest BCUT2D eigenvalue weighted by molar-refractivity contribution is 5.74. The molecule has 0 aliphatic rings. The summed E-state index contributed by atoms with van der Waals surface area (Å²) in [6.45, 7) is 2.60. The Hall–Kier alpha value is -1.39. The van der Waals surface area contributed by atoms with Gasteiger partial charge in [0, 0.05) is 6.54 Å². The second kappa shape index (κ2) is 4.91. The summed E-state index contributed by atoms with van der Waals surface area (Å²) in [4.78, 5) is 7.28. The number of rotatable bonds is 5. The molecule has 0 aliphatic carbocycles. The van der Waals surface area contributed by atoms with Crippen LogP contribution in [0.3, 0.4) is 0 Å². The van der Waals surface area contributed by atoms with Gasteiger partial charge in [0.25, 0.3) is 0 Å². The third-order valence-electron chi connectivity index (χ3n) is 2.37. The lowest BCUT2D eigenvalue weighted by atomic mass is 10.2. The monoisotopic (exact) mass is 204 g/mol. The summed E-state index contributed by atoms with van der Waals surface area (Å²) in [5, 5.41) is 3.35. The van der Waals surface area contributed by atoms with E-state index in [1.165, 1.54) is 5.56 Å². The van der Waals surface area contributed by atoms with Crippen LogP contribution in [-0.2, 0) is 6.54 Å². The molecule has 0 spiro atoms. The highest BCUT2D eigenvalue weighted by Gasteiger charge is 1.97. The predicted octanol–water partition coefficient (Wildman–Crippen LogP) is 1.00. The van der Waals surface area contributed by atoms with Crippen molar-refractivity contribution in [3.63, 3.8) is 0 Å². The standard InChI is InChI=1S/C11H16N4/c12-4-1-5-13-7-9-2-3-10-11(6-9)15-8-14-10/h2-3,6,8,13H,1,4-5,7,12H2,(H,14,15). The first-order valence-corrected chi connectivity index (χ1v) is 5.23. The number of aromatic amines is 1. The summed E-state index contributed by atoms with van der Waals surface area (Å²) in [6, 6.07) is 6.25. The zero-order chi connectivity index (χ0) is 10.5. The summed E-state index contributed by atoms with van der Waals surface area (Å²) in [6.07, 6.45) is 2.74. The first kappa shape index (κ1) is 10.1. The molecule has 0 bridgehead atoms. The lowest BCUT2D eigenvalue weighted by Gasteiger charge is -2.03. The van der Waals surface area contributed by atoms with Crippen molar-refractivity contribution in [3.05, 3.63) is 30.1 Å². The van der Waals surface area contributed by atoms with Crippen LogP contribution in [0.5, 0.6) is 0 Å². The SMILES string of the molecule is NCCCNCc1ccc2nc[nH]c2c1. The highest BCUT2D eigenvalue weighted by atomic mass is 14.9. The molecule has 1 heterocycles. The van der Waals surface area contributed by atoms with Gasteiger partial charge >= 0.3 is 0 Å². The molecule has 1 aromatic carbocycles. The van der Waals surface area contributed by atoms with Gasteiger partial charge < -0.3 is 16.0 Å². The van der Waals surface area contributed by atoms with Gasteiger partial charge in [-0.05, 0) is 37.2 Å². The predicted molar refractivity (Wildman–Crippen MR) is 61.5 cm³/mol. The van der Waals surface area contributed by atoms with E-state index in [0.717, 1.165) is 37.1 Å². The molecular formula is C11H16N4. The van der Waals surface area contributed by atoms with E-state index in [9.17, 15) is 0 Å². The summed E-state index contributed by atoms with van der Waals surface area (Å²) in [7, 11) is 0. The van der Waals surface area contributed by atoms with Gasteiger partial charge in [-0.15, -0.1) is 0 Å². The molecule has 1 aromatic heterocycles. The van der Waals surface area contributed by atoms with Gasteiger partial charge in [-0.1, -0.05) is 6.07 Å².